The van der Waals surface area contributed by atoms with Crippen LogP contribution in [0.3, 0.4) is 0 Å². The van der Waals surface area contributed by atoms with Gasteiger partial charge >= 0.3 is 5.97 Å². The zero-order valence-electron chi connectivity index (χ0n) is 20.6. The van der Waals surface area contributed by atoms with E-state index in [1.165, 1.54) is 0 Å². The lowest BCUT2D eigenvalue weighted by molar-refractivity contribution is 0.0235. The molecule has 0 saturated heterocycles. The van der Waals surface area contributed by atoms with Gasteiger partial charge in [0.25, 0.3) is 0 Å². The quantitative estimate of drug-likeness (QED) is 0.484. The van der Waals surface area contributed by atoms with E-state index in [0.717, 1.165) is 47.7 Å². The molecular weight excluding hydrogens is 442 g/mol. The Bertz CT molecular complexity index is 1350. The summed E-state index contributed by atoms with van der Waals surface area (Å²) in [6, 6.07) is 5.54. The highest BCUT2D eigenvalue weighted by molar-refractivity contribution is 5.93. The number of pyridine rings is 3. The standard InChI is InChI=1S/C27H31N5O3/c1-14-15(2)34-25(33)17-7-8-21(32-23(14)17)31-22-11-18-19(12-29-22)24(35-26(3)9-10-26)30-13-20(18)27(4,28)16-5-6-16/h7-8,11-16H,5-6,9-10,28H2,1-4H3,(H,29,31,32)/t14-,15+,27?/m0/s1. The van der Waals surface area contributed by atoms with E-state index in [0.29, 0.717) is 29.0 Å². The molecule has 8 nitrogen and oxygen atoms in total. The van der Waals surface area contributed by atoms with Gasteiger partial charge in [0.2, 0.25) is 5.88 Å². The van der Waals surface area contributed by atoms with Gasteiger partial charge in [0.1, 0.15) is 23.3 Å². The third kappa shape index (κ3) is 3.89. The molecule has 1 unspecified atom stereocenters. The van der Waals surface area contributed by atoms with Crippen LogP contribution in [0.15, 0.2) is 30.6 Å². The van der Waals surface area contributed by atoms with Crippen LogP contribution in [0.25, 0.3) is 10.8 Å². The van der Waals surface area contributed by atoms with Gasteiger partial charge < -0.3 is 20.5 Å². The van der Waals surface area contributed by atoms with Crippen LogP contribution < -0.4 is 15.8 Å². The van der Waals surface area contributed by atoms with Crippen LogP contribution >= 0.6 is 0 Å². The summed E-state index contributed by atoms with van der Waals surface area (Å²) in [5.74, 6) is 1.99. The highest BCUT2D eigenvalue weighted by atomic mass is 16.5. The van der Waals surface area contributed by atoms with Gasteiger partial charge in [-0.3, -0.25) is 0 Å². The molecule has 0 bridgehead atoms. The number of ether oxygens (including phenoxy) is 2. The minimum absolute atomic E-state index is 0.00618. The Kier molecular flexibility index (Phi) is 4.84. The molecule has 3 aliphatic rings. The predicted octanol–water partition coefficient (Wildman–Crippen LogP) is 4.95. The fourth-order valence-corrected chi connectivity index (χ4v) is 4.86. The summed E-state index contributed by atoms with van der Waals surface area (Å²) in [5, 5.41) is 5.17. The number of cyclic esters (lactones) is 1. The van der Waals surface area contributed by atoms with Gasteiger partial charge in [-0.05, 0) is 81.5 Å². The summed E-state index contributed by atoms with van der Waals surface area (Å²) < 4.78 is 11.7. The first-order valence-corrected chi connectivity index (χ1v) is 12.4. The molecule has 6 rings (SSSR count). The van der Waals surface area contributed by atoms with E-state index in [9.17, 15) is 4.79 Å². The number of fused-ring (bicyclic) bond motifs is 2. The first-order chi connectivity index (χ1) is 16.6. The summed E-state index contributed by atoms with van der Waals surface area (Å²) in [4.78, 5) is 26.3. The van der Waals surface area contributed by atoms with Crippen molar-refractivity contribution in [3.63, 3.8) is 0 Å². The van der Waals surface area contributed by atoms with Crippen molar-refractivity contribution in [2.45, 2.75) is 76.5 Å². The van der Waals surface area contributed by atoms with E-state index < -0.39 is 5.54 Å². The van der Waals surface area contributed by atoms with E-state index in [4.69, 9.17) is 20.2 Å². The second kappa shape index (κ2) is 7.62. The van der Waals surface area contributed by atoms with E-state index in [1.807, 2.05) is 26.1 Å². The predicted molar refractivity (Wildman–Crippen MR) is 133 cm³/mol. The number of aromatic nitrogens is 3. The molecule has 0 amide bonds. The van der Waals surface area contributed by atoms with Gasteiger partial charge in [0.15, 0.2) is 0 Å². The Morgan fingerprint density at radius 1 is 1.14 bits per heavy atom. The van der Waals surface area contributed by atoms with Crippen molar-refractivity contribution in [3.05, 3.63) is 47.4 Å². The molecule has 3 aromatic heterocycles. The number of nitrogens with two attached hydrogens (primary N) is 1. The minimum Gasteiger partial charge on any atom is -0.471 e. The number of hydrogen-bond acceptors (Lipinski definition) is 8. The highest BCUT2D eigenvalue weighted by Gasteiger charge is 2.43. The van der Waals surface area contributed by atoms with Gasteiger partial charge in [-0.25, -0.2) is 19.7 Å². The molecular formula is C27H31N5O3. The third-order valence-electron chi connectivity index (χ3n) is 7.87. The summed E-state index contributed by atoms with van der Waals surface area (Å²) in [6.45, 7) is 8.10. The van der Waals surface area contributed by atoms with Gasteiger partial charge in [-0.1, -0.05) is 6.92 Å². The first kappa shape index (κ1) is 22.2. The number of esters is 1. The lowest BCUT2D eigenvalue weighted by Crippen LogP contribution is -2.35. The van der Waals surface area contributed by atoms with Crippen LogP contribution in [0.2, 0.25) is 0 Å². The molecule has 4 heterocycles. The smallest absolute Gasteiger partial charge is 0.340 e. The molecule has 3 aromatic rings. The van der Waals surface area contributed by atoms with Crippen molar-refractivity contribution < 1.29 is 14.3 Å². The third-order valence-corrected chi connectivity index (χ3v) is 7.87. The number of carbonyl (C=O) groups excluding carboxylic acids is 1. The fraction of sp³-hybridized carbons (Fsp3) is 0.481. The molecule has 8 heteroatoms. The average molecular weight is 474 g/mol. The molecule has 3 N–H and O–H groups in total. The fourth-order valence-electron chi connectivity index (χ4n) is 4.86. The van der Waals surface area contributed by atoms with Crippen molar-refractivity contribution in [2.24, 2.45) is 11.7 Å². The largest absolute Gasteiger partial charge is 0.471 e. The number of hydrogen-bond donors (Lipinski definition) is 2. The summed E-state index contributed by atoms with van der Waals surface area (Å²) in [6.07, 6.45) is 7.75. The van der Waals surface area contributed by atoms with E-state index in [-0.39, 0.29) is 23.6 Å². The van der Waals surface area contributed by atoms with Crippen LogP contribution in [0.4, 0.5) is 11.6 Å². The monoisotopic (exact) mass is 473 g/mol. The Labute approximate surface area is 204 Å². The average Bonchev–Trinajstić information content (AvgIpc) is 3.74. The van der Waals surface area contributed by atoms with Crippen molar-refractivity contribution in [2.75, 3.05) is 5.32 Å². The Morgan fingerprint density at radius 2 is 1.91 bits per heavy atom. The van der Waals surface area contributed by atoms with E-state index in [2.05, 4.69) is 29.1 Å². The molecule has 2 fully saturated rings. The Balaban J connectivity index is 1.40. The molecule has 3 atom stereocenters. The van der Waals surface area contributed by atoms with Crippen LogP contribution in [-0.2, 0) is 10.3 Å². The van der Waals surface area contributed by atoms with Crippen LogP contribution in [0, 0.1) is 5.92 Å². The zero-order chi connectivity index (χ0) is 24.5. The second-order valence-electron chi connectivity index (χ2n) is 10.9. The van der Waals surface area contributed by atoms with Crippen molar-refractivity contribution in [1.82, 2.24) is 15.0 Å². The zero-order valence-corrected chi connectivity index (χ0v) is 20.6. The van der Waals surface area contributed by atoms with E-state index >= 15 is 0 Å². The maximum atomic E-state index is 12.3. The normalized spacial score (nSPS) is 24.3. The number of anilines is 2. The highest BCUT2D eigenvalue weighted by Crippen LogP contribution is 2.47. The Hall–Kier alpha value is -3.26. The number of carbonyl (C=O) groups is 1. The minimum atomic E-state index is -0.484. The Morgan fingerprint density at radius 3 is 2.63 bits per heavy atom. The second-order valence-corrected chi connectivity index (χ2v) is 10.9. The maximum Gasteiger partial charge on any atom is 0.340 e. The van der Waals surface area contributed by atoms with Gasteiger partial charge in [-0.2, -0.15) is 0 Å². The summed E-state index contributed by atoms with van der Waals surface area (Å²) in [5.41, 5.74) is 8.46. The van der Waals surface area contributed by atoms with Crippen LogP contribution in [-0.4, -0.2) is 32.6 Å². The molecule has 0 aromatic carbocycles. The molecule has 1 aliphatic heterocycles. The topological polar surface area (TPSA) is 112 Å². The lowest BCUT2D eigenvalue weighted by Gasteiger charge is -2.28. The summed E-state index contributed by atoms with van der Waals surface area (Å²) >= 11 is 0. The lowest BCUT2D eigenvalue weighted by atomic mass is 9.86. The van der Waals surface area contributed by atoms with Crippen molar-refractivity contribution in [1.29, 1.82) is 0 Å². The molecule has 182 valence electrons. The van der Waals surface area contributed by atoms with Gasteiger partial charge in [0, 0.05) is 23.9 Å². The maximum absolute atomic E-state index is 12.3. The number of nitrogens with zero attached hydrogens (tertiary/aromatic N) is 3. The molecule has 0 spiro atoms. The van der Waals surface area contributed by atoms with Crippen molar-refractivity contribution >= 4 is 28.4 Å². The first-order valence-electron chi connectivity index (χ1n) is 12.4. The number of rotatable bonds is 6. The number of nitrogens with one attached hydrogen (secondary N) is 1. The van der Waals surface area contributed by atoms with Gasteiger partial charge in [-0.15, -0.1) is 0 Å². The van der Waals surface area contributed by atoms with Crippen LogP contribution in [0.5, 0.6) is 5.88 Å². The molecule has 0 radical (unpaired) electrons. The van der Waals surface area contributed by atoms with Crippen LogP contribution in [0.1, 0.15) is 80.9 Å². The molecule has 2 aliphatic carbocycles. The van der Waals surface area contributed by atoms with Gasteiger partial charge in [0.05, 0.1) is 16.6 Å². The van der Waals surface area contributed by atoms with E-state index in [1.54, 1.807) is 18.3 Å². The summed E-state index contributed by atoms with van der Waals surface area (Å²) in [7, 11) is 0. The SMILES string of the molecule is C[C@@H]1c2nc(Nc3cc4c(C(C)(N)C5CC5)cnc(OC5(C)CC5)c4cn3)ccc2C(=O)O[C@@H]1C. The molecule has 2 saturated carbocycles. The molecule has 35 heavy (non-hydrogen) atoms. The van der Waals surface area contributed by atoms with Crippen molar-refractivity contribution in [3.8, 4) is 5.88 Å².